The summed E-state index contributed by atoms with van der Waals surface area (Å²) < 4.78 is 37.5. The normalized spacial score (nSPS) is 12.6. The smallest absolute Gasteiger partial charge is 0.166 e. The minimum atomic E-state index is -4.32. The minimum absolute atomic E-state index is 0.218. The maximum absolute atomic E-state index is 12.5. The molecule has 0 spiro atoms. The summed E-state index contributed by atoms with van der Waals surface area (Å²) >= 11 is 0. The Morgan fingerprint density at radius 1 is 1.12 bits per heavy atom. The molecule has 0 amide bonds. The van der Waals surface area contributed by atoms with E-state index in [1.165, 1.54) is 6.07 Å². The highest BCUT2D eigenvalue weighted by atomic mass is 19.4. The molecule has 16 heavy (non-hydrogen) atoms. The molecule has 0 fully saturated rings. The zero-order valence-corrected chi connectivity index (χ0v) is 9.57. The number of alkyl halides is 3. The predicted molar refractivity (Wildman–Crippen MR) is 58.1 cm³/mol. The summed E-state index contributed by atoms with van der Waals surface area (Å²) in [7, 11) is 0. The van der Waals surface area contributed by atoms with Gasteiger partial charge in [0.25, 0.3) is 0 Å². The van der Waals surface area contributed by atoms with Gasteiger partial charge < -0.3 is 0 Å². The first-order valence-electron chi connectivity index (χ1n) is 4.91. The molecule has 0 bridgehead atoms. The molecule has 1 rings (SSSR count). The second-order valence-corrected chi connectivity index (χ2v) is 4.68. The van der Waals surface area contributed by atoms with Crippen LogP contribution in [-0.4, -0.2) is 0 Å². The van der Waals surface area contributed by atoms with Crippen LogP contribution >= 0.6 is 0 Å². The van der Waals surface area contributed by atoms with E-state index in [0.717, 1.165) is 17.7 Å². The van der Waals surface area contributed by atoms with Gasteiger partial charge in [0.1, 0.15) is 0 Å². The number of rotatable bonds is 1. The number of hydrogen-bond donors (Lipinski definition) is 0. The number of hydrogen-bond acceptors (Lipinski definition) is 0. The van der Waals surface area contributed by atoms with Gasteiger partial charge in [0.15, 0.2) is 0 Å². The molecular weight excluding hydrogens is 213 g/mol. The highest BCUT2D eigenvalue weighted by molar-refractivity contribution is 5.40. The summed E-state index contributed by atoms with van der Waals surface area (Å²) in [5.41, 5.74) is 0.355. The van der Waals surface area contributed by atoms with Gasteiger partial charge in [-0.2, -0.15) is 13.2 Å². The van der Waals surface area contributed by atoms with Crippen LogP contribution in [0, 0.1) is 6.08 Å². The van der Waals surface area contributed by atoms with Crippen molar-refractivity contribution in [1.82, 2.24) is 0 Å². The van der Waals surface area contributed by atoms with Gasteiger partial charge in [-0.3, -0.25) is 0 Å². The average Bonchev–Trinajstić information content (AvgIpc) is 2.14. The Hall–Kier alpha value is -1.25. The molecular formula is C13H14F3. The molecule has 0 heterocycles. The minimum Gasteiger partial charge on any atom is -0.166 e. The molecule has 0 aliphatic heterocycles. The molecule has 1 aromatic carbocycles. The first kappa shape index (κ1) is 12.8. The number of halogens is 3. The van der Waals surface area contributed by atoms with Crippen LogP contribution in [0.15, 0.2) is 24.8 Å². The fraction of sp³-hybridized carbons (Fsp3) is 0.385. The van der Waals surface area contributed by atoms with E-state index in [4.69, 9.17) is 0 Å². The maximum Gasteiger partial charge on any atom is 0.416 e. The van der Waals surface area contributed by atoms with Crippen LogP contribution in [0.2, 0.25) is 0 Å². The Kier molecular flexibility index (Phi) is 3.17. The summed E-state index contributed by atoms with van der Waals surface area (Å²) in [5, 5.41) is 0. The molecule has 0 aromatic heterocycles. The average molecular weight is 227 g/mol. The van der Waals surface area contributed by atoms with Gasteiger partial charge in [0, 0.05) is 0 Å². The van der Waals surface area contributed by atoms with Gasteiger partial charge >= 0.3 is 6.18 Å². The Morgan fingerprint density at radius 3 is 2.06 bits per heavy atom. The SMILES string of the molecule is C=[C]c1cc(C(F)(F)F)ccc1C(C)(C)C. The fourth-order valence-corrected chi connectivity index (χ4v) is 1.52. The van der Waals surface area contributed by atoms with E-state index in [0.29, 0.717) is 5.56 Å². The molecule has 87 valence electrons. The van der Waals surface area contributed by atoms with Crippen molar-refractivity contribution in [2.45, 2.75) is 32.4 Å². The van der Waals surface area contributed by atoms with E-state index in [-0.39, 0.29) is 5.41 Å². The molecule has 0 aliphatic carbocycles. The van der Waals surface area contributed by atoms with Crippen LogP contribution in [0.25, 0.3) is 0 Å². The topological polar surface area (TPSA) is 0 Å². The van der Waals surface area contributed by atoms with E-state index in [9.17, 15) is 13.2 Å². The molecule has 0 atom stereocenters. The summed E-state index contributed by atoms with van der Waals surface area (Å²) in [5.74, 6) is 0. The van der Waals surface area contributed by atoms with Gasteiger partial charge in [-0.15, -0.1) is 0 Å². The molecule has 0 aliphatic rings. The van der Waals surface area contributed by atoms with Crippen molar-refractivity contribution >= 4 is 0 Å². The molecule has 1 aromatic rings. The highest BCUT2D eigenvalue weighted by Gasteiger charge is 2.31. The van der Waals surface area contributed by atoms with Crippen molar-refractivity contribution in [2.75, 3.05) is 0 Å². The Labute approximate surface area is 93.8 Å². The molecule has 0 nitrogen and oxygen atoms in total. The van der Waals surface area contributed by atoms with Crippen molar-refractivity contribution in [3.05, 3.63) is 47.5 Å². The standard InChI is InChI=1S/C13H14F3/c1-5-9-8-10(13(14,15)16)6-7-11(9)12(2,3)4/h6-8H,1H2,2-4H3. The lowest BCUT2D eigenvalue weighted by molar-refractivity contribution is -0.137. The van der Waals surface area contributed by atoms with E-state index < -0.39 is 11.7 Å². The third-order valence-corrected chi connectivity index (χ3v) is 2.35. The lowest BCUT2D eigenvalue weighted by Gasteiger charge is -2.22. The third-order valence-electron chi connectivity index (χ3n) is 2.35. The first-order chi connectivity index (χ1) is 7.16. The van der Waals surface area contributed by atoms with Gasteiger partial charge in [-0.1, -0.05) is 33.4 Å². The van der Waals surface area contributed by atoms with Crippen LogP contribution < -0.4 is 0 Å². The summed E-state index contributed by atoms with van der Waals surface area (Å²) in [6.45, 7) is 9.26. The van der Waals surface area contributed by atoms with Gasteiger partial charge in [0.05, 0.1) is 5.56 Å². The van der Waals surface area contributed by atoms with Crippen molar-refractivity contribution < 1.29 is 13.2 Å². The van der Waals surface area contributed by atoms with Gasteiger partial charge in [-0.05, 0) is 34.8 Å². The fourth-order valence-electron chi connectivity index (χ4n) is 1.52. The predicted octanol–water partition coefficient (Wildman–Crippen LogP) is 4.34. The molecule has 1 radical (unpaired) electrons. The lowest BCUT2D eigenvalue weighted by Crippen LogP contribution is -2.15. The molecule has 0 N–H and O–H groups in total. The lowest BCUT2D eigenvalue weighted by atomic mass is 9.83. The molecule has 0 saturated heterocycles. The second-order valence-electron chi connectivity index (χ2n) is 4.68. The number of benzene rings is 1. The zero-order chi connectivity index (χ0) is 12.6. The van der Waals surface area contributed by atoms with Crippen molar-refractivity contribution in [1.29, 1.82) is 0 Å². The second kappa shape index (κ2) is 3.96. The van der Waals surface area contributed by atoms with Gasteiger partial charge in [-0.25, -0.2) is 0 Å². The summed E-state index contributed by atoms with van der Waals surface area (Å²) in [6.07, 6.45) is -1.75. The maximum atomic E-state index is 12.5. The van der Waals surface area contributed by atoms with Crippen molar-refractivity contribution in [3.8, 4) is 0 Å². The largest absolute Gasteiger partial charge is 0.416 e. The van der Waals surface area contributed by atoms with E-state index in [2.05, 4.69) is 12.7 Å². The quantitative estimate of drug-likeness (QED) is 0.669. The van der Waals surface area contributed by atoms with Crippen LogP contribution in [-0.2, 0) is 11.6 Å². The highest BCUT2D eigenvalue weighted by Crippen LogP contribution is 2.33. The van der Waals surface area contributed by atoms with Crippen LogP contribution in [0.5, 0.6) is 0 Å². The molecule has 3 heteroatoms. The Balaban J connectivity index is 3.34. The van der Waals surface area contributed by atoms with E-state index >= 15 is 0 Å². The third kappa shape index (κ3) is 2.65. The summed E-state index contributed by atoms with van der Waals surface area (Å²) in [6, 6.07) is 3.69. The summed E-state index contributed by atoms with van der Waals surface area (Å²) in [4.78, 5) is 0. The van der Waals surface area contributed by atoms with E-state index in [1.807, 2.05) is 20.8 Å². The Bertz CT molecular complexity index is 395. The van der Waals surface area contributed by atoms with Crippen molar-refractivity contribution in [2.24, 2.45) is 0 Å². The van der Waals surface area contributed by atoms with Crippen LogP contribution in [0.1, 0.15) is 37.5 Å². The first-order valence-corrected chi connectivity index (χ1v) is 4.91. The monoisotopic (exact) mass is 227 g/mol. The molecule has 0 saturated carbocycles. The van der Waals surface area contributed by atoms with Crippen LogP contribution in [0.4, 0.5) is 13.2 Å². The zero-order valence-electron chi connectivity index (χ0n) is 9.57. The van der Waals surface area contributed by atoms with Gasteiger partial charge in [0.2, 0.25) is 0 Å². The van der Waals surface area contributed by atoms with Crippen molar-refractivity contribution in [3.63, 3.8) is 0 Å². The molecule has 0 unspecified atom stereocenters. The Morgan fingerprint density at radius 2 is 1.69 bits per heavy atom. The van der Waals surface area contributed by atoms with E-state index in [1.54, 1.807) is 0 Å². The van der Waals surface area contributed by atoms with Crippen LogP contribution in [0.3, 0.4) is 0 Å².